The molecule has 0 rings (SSSR count). The average Bonchev–Trinajstić information content (AvgIpc) is 1.38. The highest BCUT2D eigenvalue weighted by Crippen LogP contribution is 1.42. The maximum Gasteiger partial charge on any atom is 0.243 e. The fourth-order valence-corrected chi connectivity index (χ4v) is 0. The number of rotatable bonds is 0. The van der Waals surface area contributed by atoms with Crippen LogP contribution in [0.3, 0.4) is 0 Å². The van der Waals surface area contributed by atoms with Gasteiger partial charge in [0.05, 0.1) is 0 Å². The van der Waals surface area contributed by atoms with Crippen molar-refractivity contribution in [3.8, 4) is 0 Å². The maximum absolute atomic E-state index is 3.36. The van der Waals surface area contributed by atoms with Crippen LogP contribution in [0.2, 0.25) is 0 Å². The molecule has 0 heterocycles. The van der Waals surface area contributed by atoms with Crippen LogP contribution in [0, 0.1) is 6.92 Å². The molecule has 0 fully saturated rings. The summed E-state index contributed by atoms with van der Waals surface area (Å²) in [5.74, 6) is 0. The normalized spacial score (nSPS) is 7.00. The van der Waals surface area contributed by atoms with E-state index in [1.54, 1.807) is 4.58 Å². The Kier molecular flexibility index (Phi) is 1.81. The molecule has 1 nitrogen and oxygen atoms in total. The van der Waals surface area contributed by atoms with Crippen molar-refractivity contribution in [3.63, 3.8) is 0 Å². The van der Waals surface area contributed by atoms with Crippen molar-refractivity contribution in [2.45, 2.75) is 0 Å². The van der Waals surface area contributed by atoms with Crippen LogP contribution in [0.25, 0.3) is 0 Å². The molecular weight excluding hydrogens is 62.1 g/mol. The van der Waals surface area contributed by atoms with Crippen molar-refractivity contribution in [1.29, 1.82) is 0 Å². The summed E-state index contributed by atoms with van der Waals surface area (Å²) in [4.78, 5) is 0. The molecule has 0 aromatic heterocycles. The van der Waals surface area contributed by atoms with Crippen molar-refractivity contribution >= 4 is 6.21 Å². The Bertz CT molecular complexity index is 41.6. The lowest BCUT2D eigenvalue weighted by Gasteiger charge is -1.69. The van der Waals surface area contributed by atoms with E-state index < -0.39 is 0 Å². The van der Waals surface area contributed by atoms with Crippen LogP contribution in [0.4, 0.5) is 0 Å². The first kappa shape index (κ1) is 4.67. The van der Waals surface area contributed by atoms with Gasteiger partial charge in [0, 0.05) is 6.92 Å². The van der Waals surface area contributed by atoms with Crippen molar-refractivity contribution < 1.29 is 4.58 Å². The second-order valence-corrected chi connectivity index (χ2v) is 1.05. The Labute approximate surface area is 32.9 Å². The highest BCUT2D eigenvalue weighted by Gasteiger charge is 1.68. The molecule has 5 heavy (non-hydrogen) atoms. The molecule has 0 bridgehead atoms. The SMILES string of the molecule is [CH2][C]=[N+](C)C. The third-order valence-corrected chi connectivity index (χ3v) is 0.316. The van der Waals surface area contributed by atoms with Crippen molar-refractivity contribution in [2.75, 3.05) is 14.1 Å². The quantitative estimate of drug-likeness (QED) is 0.279. The highest BCUT2D eigenvalue weighted by molar-refractivity contribution is 5.55. The predicted octanol–water partition coefficient (Wildman–Crippen LogP) is 0.0404. The molecular formula is C4H8N+. The summed E-state index contributed by atoms with van der Waals surface area (Å²) in [5.41, 5.74) is 0. The van der Waals surface area contributed by atoms with Gasteiger partial charge in [0.1, 0.15) is 14.1 Å². The molecule has 0 spiro atoms. The van der Waals surface area contributed by atoms with E-state index in [2.05, 4.69) is 13.1 Å². The summed E-state index contributed by atoms with van der Waals surface area (Å²) >= 11 is 0. The molecule has 0 aliphatic carbocycles. The zero-order valence-electron chi connectivity index (χ0n) is 3.65. The van der Waals surface area contributed by atoms with E-state index >= 15 is 0 Å². The third kappa shape index (κ3) is 3.67. The molecule has 0 aliphatic heterocycles. The van der Waals surface area contributed by atoms with Crippen LogP contribution in [-0.4, -0.2) is 24.9 Å². The molecule has 2 radical (unpaired) electrons. The predicted molar refractivity (Wildman–Crippen MR) is 22.5 cm³/mol. The Morgan fingerprint density at radius 2 is 1.80 bits per heavy atom. The summed E-state index contributed by atoms with van der Waals surface area (Å²) in [5, 5.41) is 0. The molecule has 0 atom stereocenters. The Hall–Kier alpha value is -0.330. The van der Waals surface area contributed by atoms with E-state index in [4.69, 9.17) is 0 Å². The topological polar surface area (TPSA) is 3.01 Å². The van der Waals surface area contributed by atoms with E-state index in [9.17, 15) is 0 Å². The Morgan fingerprint density at radius 3 is 1.80 bits per heavy atom. The lowest BCUT2D eigenvalue weighted by molar-refractivity contribution is -0.458. The second-order valence-electron chi connectivity index (χ2n) is 1.05. The first-order valence-corrected chi connectivity index (χ1v) is 1.47. The van der Waals surface area contributed by atoms with Gasteiger partial charge >= 0.3 is 0 Å². The molecule has 0 aromatic carbocycles. The fourth-order valence-electron chi connectivity index (χ4n) is 0. The average molecular weight is 70.1 g/mol. The van der Waals surface area contributed by atoms with Gasteiger partial charge in [0.25, 0.3) is 0 Å². The summed E-state index contributed by atoms with van der Waals surface area (Å²) in [6.07, 6.45) is 2.61. The molecule has 0 N–H and O–H groups in total. The molecule has 0 aliphatic rings. The van der Waals surface area contributed by atoms with Gasteiger partial charge in [0.2, 0.25) is 6.21 Å². The largest absolute Gasteiger partial charge is 0.243 e. The molecule has 28 valence electrons. The van der Waals surface area contributed by atoms with Crippen LogP contribution in [0.15, 0.2) is 0 Å². The molecule has 0 saturated carbocycles. The van der Waals surface area contributed by atoms with Crippen molar-refractivity contribution in [2.24, 2.45) is 0 Å². The number of hydrogen-bond acceptors (Lipinski definition) is 0. The first-order chi connectivity index (χ1) is 2.27. The molecule has 0 aromatic rings. The van der Waals surface area contributed by atoms with E-state index in [0.717, 1.165) is 0 Å². The monoisotopic (exact) mass is 70.1 g/mol. The standard InChI is InChI=1S/C4H8N/c1-4-5(2)3/h1H2,2-3H3/q+1. The Balaban J connectivity index is 3.14. The van der Waals surface area contributed by atoms with Gasteiger partial charge in [-0.1, -0.05) is 0 Å². The summed E-state index contributed by atoms with van der Waals surface area (Å²) in [6, 6.07) is 0. The van der Waals surface area contributed by atoms with Gasteiger partial charge in [-0.15, -0.1) is 0 Å². The van der Waals surface area contributed by atoms with Crippen LogP contribution in [-0.2, 0) is 0 Å². The van der Waals surface area contributed by atoms with Gasteiger partial charge in [-0.05, 0) is 0 Å². The van der Waals surface area contributed by atoms with Gasteiger partial charge in [-0.3, -0.25) is 0 Å². The molecule has 0 unspecified atom stereocenters. The van der Waals surface area contributed by atoms with Crippen LogP contribution >= 0.6 is 0 Å². The van der Waals surface area contributed by atoms with Crippen LogP contribution < -0.4 is 0 Å². The van der Waals surface area contributed by atoms with E-state index in [1.165, 1.54) is 0 Å². The zero-order chi connectivity index (χ0) is 4.28. The third-order valence-electron chi connectivity index (χ3n) is 0.316. The van der Waals surface area contributed by atoms with E-state index in [0.29, 0.717) is 0 Å². The van der Waals surface area contributed by atoms with Gasteiger partial charge in [-0.25, -0.2) is 4.58 Å². The smallest absolute Gasteiger partial charge is 0.234 e. The fraction of sp³-hybridized carbons (Fsp3) is 0.500. The highest BCUT2D eigenvalue weighted by atomic mass is 14.9. The van der Waals surface area contributed by atoms with Gasteiger partial charge in [-0.2, -0.15) is 0 Å². The van der Waals surface area contributed by atoms with Gasteiger partial charge < -0.3 is 0 Å². The summed E-state index contributed by atoms with van der Waals surface area (Å²) in [6.45, 7) is 3.36. The first-order valence-electron chi connectivity index (χ1n) is 1.47. The molecule has 1 heteroatoms. The minimum absolute atomic E-state index is 1.76. The summed E-state index contributed by atoms with van der Waals surface area (Å²) < 4.78 is 1.76. The second kappa shape index (κ2) is 1.94. The lowest BCUT2D eigenvalue weighted by atomic mass is 10.8. The van der Waals surface area contributed by atoms with Crippen LogP contribution in [0.5, 0.6) is 0 Å². The van der Waals surface area contributed by atoms with E-state index in [1.807, 2.05) is 14.1 Å². The summed E-state index contributed by atoms with van der Waals surface area (Å²) in [7, 11) is 3.76. The zero-order valence-corrected chi connectivity index (χ0v) is 3.65. The van der Waals surface area contributed by atoms with Crippen molar-refractivity contribution in [1.82, 2.24) is 0 Å². The van der Waals surface area contributed by atoms with Gasteiger partial charge in [0.15, 0.2) is 0 Å². The minimum Gasteiger partial charge on any atom is -0.234 e. The minimum atomic E-state index is 1.76. The Morgan fingerprint density at radius 1 is 1.60 bits per heavy atom. The molecule has 0 saturated heterocycles. The van der Waals surface area contributed by atoms with Crippen molar-refractivity contribution in [3.05, 3.63) is 6.92 Å². The molecule has 0 amide bonds. The van der Waals surface area contributed by atoms with Crippen LogP contribution in [0.1, 0.15) is 0 Å². The van der Waals surface area contributed by atoms with E-state index in [-0.39, 0.29) is 0 Å². The number of hydrogen-bond donors (Lipinski definition) is 0. The number of nitrogens with zero attached hydrogens (tertiary/aromatic N) is 1. The lowest BCUT2D eigenvalue weighted by Crippen LogP contribution is -1.93. The maximum atomic E-state index is 3.36.